The molecule has 1 unspecified atom stereocenters. The molecule has 4 nitrogen and oxygen atoms in total. The Hall–Kier alpha value is -1.62. The first kappa shape index (κ1) is 16.4. The first-order chi connectivity index (χ1) is 9.20. The molecule has 5 heteroatoms. The smallest absolute Gasteiger partial charge is 0.314 e. The zero-order valence-corrected chi connectivity index (χ0v) is 12.5. The quantitative estimate of drug-likeness (QED) is 0.844. The van der Waals surface area contributed by atoms with Gasteiger partial charge in [0.2, 0.25) is 0 Å². The number of halogens is 1. The molecule has 20 heavy (non-hydrogen) atoms. The van der Waals surface area contributed by atoms with Crippen LogP contribution in [0.25, 0.3) is 0 Å². The summed E-state index contributed by atoms with van der Waals surface area (Å²) >= 11 is 0. The predicted octanol–water partition coefficient (Wildman–Crippen LogP) is 2.63. The normalized spacial score (nSPS) is 14.6. The number of rotatable bonds is 5. The Kier molecular flexibility index (Phi) is 4.76. The highest BCUT2D eigenvalue weighted by Gasteiger charge is 2.50. The van der Waals surface area contributed by atoms with Crippen LogP contribution in [0.2, 0.25) is 0 Å². The predicted molar refractivity (Wildman–Crippen MR) is 72.9 cm³/mol. The van der Waals surface area contributed by atoms with Gasteiger partial charge in [0.1, 0.15) is 17.2 Å². The number of hydrogen-bond acceptors (Lipinski definition) is 4. The molecule has 0 fully saturated rings. The largest absolute Gasteiger partial charge is 0.496 e. The van der Waals surface area contributed by atoms with E-state index < -0.39 is 22.8 Å². The number of benzene rings is 1. The lowest BCUT2D eigenvalue weighted by atomic mass is 9.71. The maximum Gasteiger partial charge on any atom is 0.314 e. The Morgan fingerprint density at radius 3 is 2.45 bits per heavy atom. The van der Waals surface area contributed by atoms with Crippen molar-refractivity contribution < 1.29 is 23.8 Å². The van der Waals surface area contributed by atoms with Crippen molar-refractivity contribution in [2.75, 3.05) is 13.7 Å². The van der Waals surface area contributed by atoms with Crippen LogP contribution in [0.4, 0.5) is 4.39 Å². The molecule has 0 aliphatic heterocycles. The topological polar surface area (TPSA) is 55.8 Å². The Bertz CT molecular complexity index is 495. The number of aliphatic hydroxyl groups is 1. The molecule has 1 atom stereocenters. The summed E-state index contributed by atoms with van der Waals surface area (Å²) < 4.78 is 24.2. The number of carbonyl (C=O) groups is 1. The van der Waals surface area contributed by atoms with Crippen molar-refractivity contribution in [3.05, 3.63) is 29.6 Å². The minimum absolute atomic E-state index is 0.0550. The molecule has 0 aliphatic rings. The molecule has 1 aromatic rings. The van der Waals surface area contributed by atoms with Gasteiger partial charge < -0.3 is 14.6 Å². The van der Waals surface area contributed by atoms with Crippen LogP contribution in [0.3, 0.4) is 0 Å². The van der Waals surface area contributed by atoms with Crippen LogP contribution in [0.15, 0.2) is 18.2 Å². The first-order valence-electron chi connectivity index (χ1n) is 6.42. The Labute approximate surface area is 118 Å². The van der Waals surface area contributed by atoms with Crippen molar-refractivity contribution >= 4 is 5.97 Å². The van der Waals surface area contributed by atoms with E-state index in [0.29, 0.717) is 0 Å². The van der Waals surface area contributed by atoms with Gasteiger partial charge in [0.25, 0.3) is 0 Å². The lowest BCUT2D eigenvalue weighted by Gasteiger charge is -2.38. The average molecular weight is 284 g/mol. The second-order valence-corrected chi connectivity index (χ2v) is 5.23. The minimum Gasteiger partial charge on any atom is -0.496 e. The molecule has 1 rings (SSSR count). The highest BCUT2D eigenvalue weighted by atomic mass is 19.1. The molecule has 0 saturated heterocycles. The van der Waals surface area contributed by atoms with Crippen LogP contribution in [-0.4, -0.2) is 24.8 Å². The lowest BCUT2D eigenvalue weighted by Crippen LogP contribution is -2.46. The zero-order chi connectivity index (χ0) is 15.6. The molecule has 1 aromatic carbocycles. The summed E-state index contributed by atoms with van der Waals surface area (Å²) in [5.74, 6) is -1.05. The van der Waals surface area contributed by atoms with Gasteiger partial charge in [0, 0.05) is 0 Å². The van der Waals surface area contributed by atoms with Gasteiger partial charge >= 0.3 is 5.97 Å². The highest BCUT2D eigenvalue weighted by molar-refractivity contribution is 5.78. The summed E-state index contributed by atoms with van der Waals surface area (Å²) in [5, 5.41) is 10.8. The molecule has 0 saturated carbocycles. The maximum atomic E-state index is 14.1. The van der Waals surface area contributed by atoms with Crippen molar-refractivity contribution in [2.24, 2.45) is 5.41 Å². The summed E-state index contributed by atoms with van der Waals surface area (Å²) in [7, 11) is 1.38. The van der Waals surface area contributed by atoms with Crippen LogP contribution < -0.4 is 4.74 Å². The molecule has 0 spiro atoms. The van der Waals surface area contributed by atoms with E-state index in [0.717, 1.165) is 0 Å². The van der Waals surface area contributed by atoms with Gasteiger partial charge in [-0.15, -0.1) is 0 Å². The molecule has 0 radical (unpaired) electrons. The third kappa shape index (κ3) is 2.63. The van der Waals surface area contributed by atoms with E-state index in [1.54, 1.807) is 6.92 Å². The summed E-state index contributed by atoms with van der Waals surface area (Å²) in [6.07, 6.45) is 0. The average Bonchev–Trinajstić information content (AvgIpc) is 2.37. The van der Waals surface area contributed by atoms with Crippen molar-refractivity contribution in [1.82, 2.24) is 0 Å². The number of ether oxygens (including phenoxy) is 2. The van der Waals surface area contributed by atoms with Crippen molar-refractivity contribution in [3.63, 3.8) is 0 Å². The number of hydrogen-bond donors (Lipinski definition) is 1. The van der Waals surface area contributed by atoms with Crippen LogP contribution >= 0.6 is 0 Å². The Morgan fingerprint density at radius 1 is 1.35 bits per heavy atom. The molecule has 0 aliphatic carbocycles. The van der Waals surface area contributed by atoms with Gasteiger partial charge in [-0.25, -0.2) is 4.39 Å². The van der Waals surface area contributed by atoms with Crippen molar-refractivity contribution in [3.8, 4) is 5.75 Å². The van der Waals surface area contributed by atoms with Crippen molar-refractivity contribution in [2.45, 2.75) is 33.3 Å². The monoisotopic (exact) mass is 284 g/mol. The van der Waals surface area contributed by atoms with Gasteiger partial charge in [-0.1, -0.05) is 6.07 Å². The molecule has 0 bridgehead atoms. The maximum absolute atomic E-state index is 14.1. The highest BCUT2D eigenvalue weighted by Crippen LogP contribution is 2.44. The third-order valence-electron chi connectivity index (χ3n) is 3.68. The zero-order valence-electron chi connectivity index (χ0n) is 12.5. The lowest BCUT2D eigenvalue weighted by molar-refractivity contribution is -0.170. The van der Waals surface area contributed by atoms with Gasteiger partial charge in [-0.3, -0.25) is 4.79 Å². The summed E-state index contributed by atoms with van der Waals surface area (Å²) in [6, 6.07) is 4.23. The molecular formula is C15H21FO4. The van der Waals surface area contributed by atoms with E-state index in [2.05, 4.69) is 0 Å². The molecule has 1 N–H and O–H groups in total. The van der Waals surface area contributed by atoms with E-state index in [9.17, 15) is 14.3 Å². The van der Waals surface area contributed by atoms with Crippen LogP contribution in [0.1, 0.15) is 33.3 Å². The van der Waals surface area contributed by atoms with Gasteiger partial charge in [-0.2, -0.15) is 0 Å². The number of esters is 1. The fraction of sp³-hybridized carbons (Fsp3) is 0.533. The summed E-state index contributed by atoms with van der Waals surface area (Å²) in [6.45, 7) is 6.26. The fourth-order valence-corrected chi connectivity index (χ4v) is 1.97. The number of carbonyl (C=O) groups excluding carboxylic acids is 1. The second kappa shape index (κ2) is 5.79. The van der Waals surface area contributed by atoms with E-state index in [1.165, 1.54) is 46.1 Å². The van der Waals surface area contributed by atoms with E-state index in [1.807, 2.05) is 0 Å². The summed E-state index contributed by atoms with van der Waals surface area (Å²) in [5.41, 5.74) is -3.17. The molecule has 0 amide bonds. The molecular weight excluding hydrogens is 263 g/mol. The Balaban J connectivity index is 3.39. The van der Waals surface area contributed by atoms with Crippen LogP contribution in [0.5, 0.6) is 5.75 Å². The second-order valence-electron chi connectivity index (χ2n) is 5.23. The molecule has 0 heterocycles. The number of methoxy groups -OCH3 is 1. The van der Waals surface area contributed by atoms with E-state index >= 15 is 0 Å². The van der Waals surface area contributed by atoms with Gasteiger partial charge in [0.15, 0.2) is 0 Å². The standard InChI is InChI=1S/C15H21FO4/c1-6-20-13(17)14(2,3)15(4,18)12-10(16)8-7-9-11(12)19-5/h7-9,18H,6H2,1-5H3. The molecule has 112 valence electrons. The SMILES string of the molecule is CCOC(=O)C(C)(C)C(C)(O)c1c(F)cccc1OC. The van der Waals surface area contributed by atoms with Crippen LogP contribution in [-0.2, 0) is 15.1 Å². The van der Waals surface area contributed by atoms with Crippen LogP contribution in [0, 0.1) is 11.2 Å². The molecule has 0 aromatic heterocycles. The van der Waals surface area contributed by atoms with E-state index in [-0.39, 0.29) is 17.9 Å². The summed E-state index contributed by atoms with van der Waals surface area (Å²) in [4.78, 5) is 12.1. The van der Waals surface area contributed by atoms with Crippen molar-refractivity contribution in [1.29, 1.82) is 0 Å². The van der Waals surface area contributed by atoms with Gasteiger partial charge in [0.05, 0.1) is 24.7 Å². The first-order valence-corrected chi connectivity index (χ1v) is 6.42. The van der Waals surface area contributed by atoms with E-state index in [4.69, 9.17) is 9.47 Å². The fourth-order valence-electron chi connectivity index (χ4n) is 1.97. The van der Waals surface area contributed by atoms with Gasteiger partial charge in [-0.05, 0) is 39.8 Å². The third-order valence-corrected chi connectivity index (χ3v) is 3.68. The Morgan fingerprint density at radius 2 is 1.95 bits per heavy atom. The minimum atomic E-state index is -1.78.